The molecule has 0 fully saturated rings. The standard InChI is InChI=1S/C13H18ClNO2S/c1-3-6-15-13-9(2)8-18(16,17)12-5-4-10(14)7-11(12)13/h4-5,7,9,13,15H,3,6,8H2,1-2H3. The lowest BCUT2D eigenvalue weighted by molar-refractivity contribution is 0.396. The van der Waals surface area contributed by atoms with E-state index in [9.17, 15) is 8.42 Å². The lowest BCUT2D eigenvalue weighted by Gasteiger charge is -2.32. The Morgan fingerprint density at radius 2 is 2.17 bits per heavy atom. The van der Waals surface area contributed by atoms with Gasteiger partial charge in [-0.15, -0.1) is 0 Å². The van der Waals surface area contributed by atoms with E-state index < -0.39 is 9.84 Å². The maximum atomic E-state index is 12.1. The van der Waals surface area contributed by atoms with Crippen molar-refractivity contribution in [2.45, 2.75) is 31.2 Å². The van der Waals surface area contributed by atoms with Crippen LogP contribution in [0.15, 0.2) is 23.1 Å². The molecule has 1 aliphatic rings. The summed E-state index contributed by atoms with van der Waals surface area (Å²) in [7, 11) is -3.16. The molecule has 0 saturated heterocycles. The van der Waals surface area contributed by atoms with Crippen LogP contribution >= 0.6 is 11.6 Å². The van der Waals surface area contributed by atoms with Gasteiger partial charge in [-0.05, 0) is 42.6 Å². The van der Waals surface area contributed by atoms with Crippen LogP contribution in [0, 0.1) is 5.92 Å². The summed E-state index contributed by atoms with van der Waals surface area (Å²) < 4.78 is 24.3. The van der Waals surface area contributed by atoms with Gasteiger partial charge in [0.2, 0.25) is 0 Å². The third-order valence-corrected chi connectivity index (χ3v) is 5.55. The van der Waals surface area contributed by atoms with Crippen LogP contribution in [0.5, 0.6) is 0 Å². The first kappa shape index (κ1) is 13.8. The number of benzene rings is 1. The summed E-state index contributed by atoms with van der Waals surface area (Å²) in [6.07, 6.45) is 1.02. The zero-order valence-electron chi connectivity index (χ0n) is 10.6. The number of sulfone groups is 1. The molecule has 2 unspecified atom stereocenters. The average molecular weight is 288 g/mol. The normalized spacial score (nSPS) is 25.7. The molecule has 2 atom stereocenters. The van der Waals surface area contributed by atoms with Crippen molar-refractivity contribution >= 4 is 21.4 Å². The van der Waals surface area contributed by atoms with Crippen LogP contribution in [-0.4, -0.2) is 20.7 Å². The van der Waals surface area contributed by atoms with Gasteiger partial charge in [-0.2, -0.15) is 0 Å². The minimum atomic E-state index is -3.16. The summed E-state index contributed by atoms with van der Waals surface area (Å²) in [6, 6.07) is 5.11. The maximum Gasteiger partial charge on any atom is 0.179 e. The summed E-state index contributed by atoms with van der Waals surface area (Å²) in [6.45, 7) is 4.94. The van der Waals surface area contributed by atoms with Crippen molar-refractivity contribution in [1.82, 2.24) is 5.32 Å². The van der Waals surface area contributed by atoms with E-state index in [-0.39, 0.29) is 17.7 Å². The first-order valence-electron chi connectivity index (χ1n) is 6.21. The summed E-state index contributed by atoms with van der Waals surface area (Å²) in [4.78, 5) is 0.429. The molecule has 18 heavy (non-hydrogen) atoms. The molecule has 100 valence electrons. The van der Waals surface area contributed by atoms with Gasteiger partial charge in [-0.25, -0.2) is 8.42 Å². The molecule has 0 saturated carbocycles. The molecule has 0 amide bonds. The largest absolute Gasteiger partial charge is 0.310 e. The monoisotopic (exact) mass is 287 g/mol. The van der Waals surface area contributed by atoms with Crippen LogP contribution in [0.1, 0.15) is 31.9 Å². The minimum Gasteiger partial charge on any atom is -0.310 e. The second kappa shape index (κ2) is 5.19. The van der Waals surface area contributed by atoms with Crippen LogP contribution in [0.4, 0.5) is 0 Å². The molecule has 0 aliphatic carbocycles. The molecule has 2 rings (SSSR count). The third kappa shape index (κ3) is 2.56. The summed E-state index contributed by atoms with van der Waals surface area (Å²) in [5.41, 5.74) is 0.815. The van der Waals surface area contributed by atoms with Gasteiger partial charge in [0.05, 0.1) is 10.6 Å². The van der Waals surface area contributed by atoms with Crippen molar-refractivity contribution in [2.24, 2.45) is 5.92 Å². The highest BCUT2D eigenvalue weighted by Crippen LogP contribution is 2.37. The summed E-state index contributed by atoms with van der Waals surface area (Å²) in [5, 5.41) is 4.00. The van der Waals surface area contributed by atoms with E-state index in [1.165, 1.54) is 0 Å². The minimum absolute atomic E-state index is 0.0625. The Morgan fingerprint density at radius 1 is 1.44 bits per heavy atom. The maximum absolute atomic E-state index is 12.1. The molecule has 1 aromatic carbocycles. The Hall–Kier alpha value is -0.580. The first-order chi connectivity index (χ1) is 8.45. The number of hydrogen-bond donors (Lipinski definition) is 1. The van der Waals surface area contributed by atoms with E-state index in [0.29, 0.717) is 9.92 Å². The number of rotatable bonds is 3. The fourth-order valence-corrected chi connectivity index (χ4v) is 4.56. The van der Waals surface area contributed by atoms with Gasteiger partial charge < -0.3 is 5.32 Å². The predicted molar refractivity (Wildman–Crippen MR) is 73.7 cm³/mol. The number of nitrogens with one attached hydrogen (secondary N) is 1. The highest BCUT2D eigenvalue weighted by Gasteiger charge is 2.35. The Balaban J connectivity index is 2.49. The molecule has 0 spiro atoms. The topological polar surface area (TPSA) is 46.2 Å². The quantitative estimate of drug-likeness (QED) is 0.930. The first-order valence-corrected chi connectivity index (χ1v) is 8.24. The smallest absolute Gasteiger partial charge is 0.179 e. The molecule has 3 nitrogen and oxygen atoms in total. The fourth-order valence-electron chi connectivity index (χ4n) is 2.50. The van der Waals surface area contributed by atoms with E-state index in [1.807, 2.05) is 6.92 Å². The second-order valence-corrected chi connectivity index (χ2v) is 7.31. The number of fused-ring (bicyclic) bond motifs is 1. The SMILES string of the molecule is CCCNC1c2cc(Cl)ccc2S(=O)(=O)CC1C. The lowest BCUT2D eigenvalue weighted by atomic mass is 9.95. The Morgan fingerprint density at radius 3 is 2.83 bits per heavy atom. The van der Waals surface area contributed by atoms with Gasteiger partial charge in [0.25, 0.3) is 0 Å². The molecule has 0 radical (unpaired) electrons. The average Bonchev–Trinajstić information content (AvgIpc) is 2.27. The molecular weight excluding hydrogens is 270 g/mol. The van der Waals surface area contributed by atoms with Gasteiger partial charge in [0, 0.05) is 11.1 Å². The van der Waals surface area contributed by atoms with Gasteiger partial charge in [0.15, 0.2) is 9.84 Å². The molecule has 1 N–H and O–H groups in total. The van der Waals surface area contributed by atoms with Crippen molar-refractivity contribution in [1.29, 1.82) is 0 Å². The Labute approximate surface area is 113 Å². The van der Waals surface area contributed by atoms with Crippen LogP contribution in [0.25, 0.3) is 0 Å². The molecule has 1 aliphatic heterocycles. The molecule has 1 aromatic rings. The van der Waals surface area contributed by atoms with E-state index >= 15 is 0 Å². The van der Waals surface area contributed by atoms with Crippen LogP contribution < -0.4 is 5.32 Å². The predicted octanol–water partition coefficient (Wildman–Crippen LogP) is 2.80. The van der Waals surface area contributed by atoms with Crippen LogP contribution in [-0.2, 0) is 9.84 Å². The molecule has 0 bridgehead atoms. The van der Waals surface area contributed by atoms with Gasteiger partial charge >= 0.3 is 0 Å². The van der Waals surface area contributed by atoms with E-state index in [1.54, 1.807) is 18.2 Å². The Kier molecular flexibility index (Phi) is 3.99. The zero-order chi connectivity index (χ0) is 13.3. The van der Waals surface area contributed by atoms with E-state index in [2.05, 4.69) is 12.2 Å². The van der Waals surface area contributed by atoms with Crippen molar-refractivity contribution in [3.05, 3.63) is 28.8 Å². The fraction of sp³-hybridized carbons (Fsp3) is 0.538. The van der Waals surface area contributed by atoms with Gasteiger partial charge in [0.1, 0.15) is 0 Å². The van der Waals surface area contributed by atoms with Crippen molar-refractivity contribution in [3.8, 4) is 0 Å². The lowest BCUT2D eigenvalue weighted by Crippen LogP contribution is -2.36. The Bertz CT molecular complexity index is 542. The number of halogens is 1. The van der Waals surface area contributed by atoms with Crippen molar-refractivity contribution in [2.75, 3.05) is 12.3 Å². The molecule has 0 aromatic heterocycles. The highest BCUT2D eigenvalue weighted by atomic mass is 35.5. The van der Waals surface area contributed by atoms with Gasteiger partial charge in [-0.3, -0.25) is 0 Å². The second-order valence-electron chi connectivity index (χ2n) is 4.87. The zero-order valence-corrected chi connectivity index (χ0v) is 12.2. The van der Waals surface area contributed by atoms with Crippen LogP contribution in [0.3, 0.4) is 0 Å². The number of hydrogen-bond acceptors (Lipinski definition) is 3. The molecule has 1 heterocycles. The third-order valence-electron chi connectivity index (χ3n) is 3.31. The van der Waals surface area contributed by atoms with Crippen molar-refractivity contribution < 1.29 is 8.42 Å². The molecule has 5 heteroatoms. The van der Waals surface area contributed by atoms with E-state index in [4.69, 9.17) is 11.6 Å². The summed E-state index contributed by atoms with van der Waals surface area (Å²) in [5.74, 6) is 0.260. The van der Waals surface area contributed by atoms with Crippen LogP contribution in [0.2, 0.25) is 5.02 Å². The van der Waals surface area contributed by atoms with Crippen molar-refractivity contribution in [3.63, 3.8) is 0 Å². The summed E-state index contributed by atoms with van der Waals surface area (Å²) >= 11 is 5.99. The van der Waals surface area contributed by atoms with E-state index in [0.717, 1.165) is 18.5 Å². The highest BCUT2D eigenvalue weighted by molar-refractivity contribution is 7.91. The molecular formula is C13H18ClNO2S. The van der Waals surface area contributed by atoms with Gasteiger partial charge in [-0.1, -0.05) is 25.4 Å².